The molecule has 0 saturated heterocycles. The van der Waals surface area contributed by atoms with Crippen molar-refractivity contribution in [2.45, 2.75) is 65.0 Å². The highest BCUT2D eigenvalue weighted by Gasteiger charge is 2.26. The van der Waals surface area contributed by atoms with Crippen molar-refractivity contribution in [1.82, 2.24) is 0 Å². The predicted octanol–water partition coefficient (Wildman–Crippen LogP) is 3.53. The Kier molecular flexibility index (Phi) is 6.96. The van der Waals surface area contributed by atoms with Crippen molar-refractivity contribution in [2.75, 3.05) is 0 Å². The van der Waals surface area contributed by atoms with E-state index in [1.54, 1.807) is 26.8 Å². The van der Waals surface area contributed by atoms with Crippen LogP contribution in [0.3, 0.4) is 0 Å². The van der Waals surface area contributed by atoms with Gasteiger partial charge in [0.25, 0.3) is 0 Å². The van der Waals surface area contributed by atoms with E-state index in [1.807, 2.05) is 25.2 Å². The van der Waals surface area contributed by atoms with Gasteiger partial charge in [-0.3, -0.25) is 0 Å². The van der Waals surface area contributed by atoms with Crippen LogP contribution in [0.2, 0.25) is 19.6 Å². The van der Waals surface area contributed by atoms with Crippen molar-refractivity contribution in [3.05, 3.63) is 24.3 Å². The predicted molar refractivity (Wildman–Crippen MR) is 90.1 cm³/mol. The Morgan fingerprint density at radius 1 is 1.10 bits per heavy atom. The number of hydrogen-bond acceptors (Lipinski definition) is 2. The Morgan fingerprint density at radius 3 is 2.05 bits per heavy atom. The molecule has 2 N–H and O–H groups in total. The van der Waals surface area contributed by atoms with Crippen molar-refractivity contribution < 1.29 is 10.2 Å². The molecule has 0 aromatic heterocycles. The summed E-state index contributed by atoms with van der Waals surface area (Å²) in [6.07, 6.45) is 8.18. The maximum Gasteiger partial charge on any atom is 0.129 e. The van der Waals surface area contributed by atoms with E-state index in [1.165, 1.54) is 0 Å². The molecule has 114 valence electrons. The molecule has 2 atom stereocenters. The highest BCUT2D eigenvalue weighted by molar-refractivity contribution is 6.83. The highest BCUT2D eigenvalue weighted by Crippen LogP contribution is 2.22. The first-order valence-electron chi connectivity index (χ1n) is 7.22. The van der Waals surface area contributed by atoms with Crippen molar-refractivity contribution >= 4 is 8.07 Å². The summed E-state index contributed by atoms with van der Waals surface area (Å²) in [5.41, 5.74) is 1.42. The van der Waals surface area contributed by atoms with Gasteiger partial charge in [-0.25, -0.2) is 0 Å². The van der Waals surface area contributed by atoms with Gasteiger partial charge in [0.2, 0.25) is 0 Å². The Labute approximate surface area is 125 Å². The molecule has 0 aliphatic heterocycles. The van der Waals surface area contributed by atoms with Crippen LogP contribution in [0.5, 0.6) is 0 Å². The summed E-state index contributed by atoms with van der Waals surface area (Å²) in [6, 6.07) is 0. The van der Waals surface area contributed by atoms with Crippen LogP contribution in [0.15, 0.2) is 24.3 Å². The molecular formula is C17H30O2Si. The number of hydrogen-bond donors (Lipinski definition) is 2. The second-order valence-electron chi connectivity index (χ2n) is 7.06. The number of aliphatic hydroxyl groups is 2. The van der Waals surface area contributed by atoms with E-state index >= 15 is 0 Å². The van der Waals surface area contributed by atoms with Crippen LogP contribution in [0.1, 0.15) is 34.1 Å². The fourth-order valence-corrected chi connectivity index (χ4v) is 2.25. The molecule has 2 nitrogen and oxygen atoms in total. The molecule has 0 spiro atoms. The molecule has 0 aromatic carbocycles. The van der Waals surface area contributed by atoms with Gasteiger partial charge in [0, 0.05) is 5.92 Å². The average Bonchev–Trinajstić information content (AvgIpc) is 2.24. The zero-order valence-corrected chi connectivity index (χ0v) is 15.0. The van der Waals surface area contributed by atoms with Crippen LogP contribution in [-0.4, -0.2) is 29.5 Å². The third-order valence-corrected chi connectivity index (χ3v) is 3.69. The van der Waals surface area contributed by atoms with Gasteiger partial charge in [-0.15, -0.1) is 5.54 Å². The van der Waals surface area contributed by atoms with Crippen molar-refractivity contribution in [3.8, 4) is 11.5 Å². The van der Waals surface area contributed by atoms with Gasteiger partial charge in [0.05, 0.1) is 5.60 Å². The number of allylic oxidation sites excluding steroid dienone is 2. The lowest BCUT2D eigenvalue weighted by atomic mass is 9.87. The molecule has 3 heteroatoms. The van der Waals surface area contributed by atoms with Gasteiger partial charge in [-0.05, 0) is 27.2 Å². The number of rotatable bonds is 5. The SMILES string of the molecule is CC[C@@H](/C=C/C=C/C(C)(C)O)[C@@](C)(O)C#C[Si](C)(C)C. The van der Waals surface area contributed by atoms with Crippen LogP contribution in [0, 0.1) is 17.4 Å². The molecule has 0 aliphatic rings. The third kappa shape index (κ3) is 9.14. The van der Waals surface area contributed by atoms with E-state index in [0.717, 1.165) is 6.42 Å². The smallest absolute Gasteiger partial charge is 0.129 e. The van der Waals surface area contributed by atoms with Crippen LogP contribution >= 0.6 is 0 Å². The molecule has 0 fully saturated rings. The quantitative estimate of drug-likeness (QED) is 0.463. The van der Waals surface area contributed by atoms with Crippen molar-refractivity contribution in [2.24, 2.45) is 5.92 Å². The van der Waals surface area contributed by atoms with Crippen molar-refractivity contribution in [3.63, 3.8) is 0 Å². The minimum atomic E-state index is -1.48. The summed E-state index contributed by atoms with van der Waals surface area (Å²) in [6.45, 7) is 13.8. The molecule has 0 radical (unpaired) electrons. The van der Waals surface area contributed by atoms with Crippen LogP contribution in [0.4, 0.5) is 0 Å². The lowest BCUT2D eigenvalue weighted by molar-refractivity contribution is 0.0755. The minimum Gasteiger partial charge on any atom is -0.386 e. The van der Waals surface area contributed by atoms with Gasteiger partial charge in [-0.2, -0.15) is 0 Å². The van der Waals surface area contributed by atoms with Crippen LogP contribution in [0.25, 0.3) is 0 Å². The molecule has 0 heterocycles. The molecule has 0 bridgehead atoms. The Balaban J connectivity index is 4.94. The van der Waals surface area contributed by atoms with Crippen LogP contribution in [-0.2, 0) is 0 Å². The molecule has 0 amide bonds. The summed E-state index contributed by atoms with van der Waals surface area (Å²) >= 11 is 0. The molecule has 0 unspecified atom stereocenters. The van der Waals surface area contributed by atoms with E-state index in [4.69, 9.17) is 0 Å². The van der Waals surface area contributed by atoms with E-state index in [-0.39, 0.29) is 5.92 Å². The third-order valence-electron chi connectivity index (χ3n) is 2.81. The van der Waals surface area contributed by atoms with Gasteiger partial charge >= 0.3 is 0 Å². The zero-order valence-electron chi connectivity index (χ0n) is 14.0. The average molecular weight is 295 g/mol. The fraction of sp³-hybridized carbons (Fsp3) is 0.647. The molecule has 0 saturated carbocycles. The Hall–Kier alpha value is -0.823. The second kappa shape index (κ2) is 7.26. The Morgan fingerprint density at radius 2 is 1.65 bits per heavy atom. The summed E-state index contributed by atoms with van der Waals surface area (Å²) in [4.78, 5) is 0. The molecule has 0 rings (SSSR count). The minimum absolute atomic E-state index is 0.0159. The first-order chi connectivity index (χ1) is 8.87. The van der Waals surface area contributed by atoms with Gasteiger partial charge < -0.3 is 10.2 Å². The maximum absolute atomic E-state index is 10.5. The first-order valence-corrected chi connectivity index (χ1v) is 10.7. The highest BCUT2D eigenvalue weighted by atomic mass is 28.3. The van der Waals surface area contributed by atoms with E-state index in [2.05, 4.69) is 31.1 Å². The Bertz CT molecular complexity index is 409. The van der Waals surface area contributed by atoms with E-state index < -0.39 is 19.3 Å². The first kappa shape index (κ1) is 19.2. The van der Waals surface area contributed by atoms with E-state index in [0.29, 0.717) is 0 Å². The largest absolute Gasteiger partial charge is 0.386 e. The normalized spacial score (nSPS) is 17.9. The molecule has 0 aliphatic carbocycles. The standard InChI is InChI=1S/C17H30O2Si/c1-8-15(11-9-10-12-16(2,3)18)17(4,19)13-14-20(5,6)7/h9-12,15,18-19H,8H2,1-7H3/b11-9+,12-10+/t15-,17-/m0/s1. The van der Waals surface area contributed by atoms with Crippen LogP contribution < -0.4 is 0 Å². The summed E-state index contributed by atoms with van der Waals surface area (Å²) in [7, 11) is -1.48. The van der Waals surface area contributed by atoms with Crippen molar-refractivity contribution in [1.29, 1.82) is 0 Å². The van der Waals surface area contributed by atoms with Gasteiger partial charge in [-0.1, -0.05) is 56.8 Å². The topological polar surface area (TPSA) is 40.5 Å². The summed E-state index contributed by atoms with van der Waals surface area (Å²) in [5, 5.41) is 20.1. The lowest BCUT2D eigenvalue weighted by Gasteiger charge is -2.25. The summed E-state index contributed by atoms with van der Waals surface area (Å²) in [5.74, 6) is 3.03. The zero-order chi connectivity index (χ0) is 16.0. The second-order valence-corrected chi connectivity index (χ2v) is 11.8. The maximum atomic E-state index is 10.5. The molecule has 20 heavy (non-hydrogen) atoms. The molecular weight excluding hydrogens is 264 g/mol. The lowest BCUT2D eigenvalue weighted by Crippen LogP contribution is -2.32. The monoisotopic (exact) mass is 294 g/mol. The van der Waals surface area contributed by atoms with Gasteiger partial charge in [0.15, 0.2) is 0 Å². The fourth-order valence-electron chi connectivity index (χ4n) is 1.62. The van der Waals surface area contributed by atoms with E-state index in [9.17, 15) is 10.2 Å². The van der Waals surface area contributed by atoms with Gasteiger partial charge in [0.1, 0.15) is 13.7 Å². The summed E-state index contributed by atoms with van der Waals surface area (Å²) < 4.78 is 0. The molecule has 0 aromatic rings.